The van der Waals surface area contributed by atoms with Crippen LogP contribution in [0.4, 0.5) is 0 Å². The number of nitrogens with zero attached hydrogens (tertiary/aromatic N) is 1. The first-order chi connectivity index (χ1) is 9.70. The van der Waals surface area contributed by atoms with E-state index in [1.54, 1.807) is 0 Å². The zero-order valence-corrected chi connectivity index (χ0v) is 11.3. The van der Waals surface area contributed by atoms with Gasteiger partial charge in [0.15, 0.2) is 0 Å². The van der Waals surface area contributed by atoms with Gasteiger partial charge in [-0.1, -0.05) is 11.8 Å². The predicted octanol–water partition coefficient (Wildman–Crippen LogP) is 1.12. The van der Waals surface area contributed by atoms with Crippen LogP contribution in [0, 0.1) is 11.8 Å². The fourth-order valence-electron chi connectivity index (χ4n) is 1.51. The molecule has 0 aromatic carbocycles. The highest BCUT2D eigenvalue weighted by Gasteiger charge is 2.10. The lowest BCUT2D eigenvalue weighted by molar-refractivity contribution is 0.0948. The van der Waals surface area contributed by atoms with Crippen LogP contribution in [0.5, 0.6) is 5.75 Å². The van der Waals surface area contributed by atoms with Crippen LogP contribution in [0.3, 0.4) is 0 Å². The Morgan fingerprint density at radius 1 is 1.40 bits per heavy atom. The number of hydrogen-bond donors (Lipinski definition) is 3. The van der Waals surface area contributed by atoms with Gasteiger partial charge in [0.2, 0.25) is 0 Å². The predicted molar refractivity (Wildman–Crippen MR) is 75.4 cm³/mol. The lowest BCUT2D eigenvalue weighted by atomic mass is 10.2. The maximum absolute atomic E-state index is 11.9. The third-order valence-electron chi connectivity index (χ3n) is 2.42. The Morgan fingerprint density at radius 3 is 3.00 bits per heavy atom. The minimum absolute atomic E-state index is 0.148. The van der Waals surface area contributed by atoms with E-state index in [1.807, 2.05) is 12.1 Å². The molecule has 102 valence electrons. The summed E-state index contributed by atoms with van der Waals surface area (Å²) in [6.45, 7) is 0.178. The third kappa shape index (κ3) is 3.57. The highest BCUT2D eigenvalue weighted by Crippen LogP contribution is 2.17. The van der Waals surface area contributed by atoms with Gasteiger partial charge in [-0.05, 0) is 18.2 Å². The minimum atomic E-state index is -0.360. The number of thiophene rings is 1. The van der Waals surface area contributed by atoms with Gasteiger partial charge in [-0.15, -0.1) is 11.3 Å². The van der Waals surface area contributed by atoms with E-state index in [-0.39, 0.29) is 23.8 Å². The van der Waals surface area contributed by atoms with Gasteiger partial charge in [-0.25, -0.2) is 0 Å². The molecule has 2 aromatic heterocycles. The van der Waals surface area contributed by atoms with Crippen molar-refractivity contribution in [3.8, 4) is 17.6 Å². The van der Waals surface area contributed by atoms with E-state index >= 15 is 0 Å². The van der Waals surface area contributed by atoms with Crippen molar-refractivity contribution >= 4 is 17.2 Å². The van der Waals surface area contributed by atoms with Crippen molar-refractivity contribution in [2.24, 2.45) is 0 Å². The van der Waals surface area contributed by atoms with Crippen LogP contribution in [-0.2, 0) is 6.54 Å². The quantitative estimate of drug-likeness (QED) is 0.739. The Hall–Kier alpha value is -2.36. The average Bonchev–Trinajstić information content (AvgIpc) is 2.91. The van der Waals surface area contributed by atoms with Crippen molar-refractivity contribution in [2.45, 2.75) is 6.54 Å². The van der Waals surface area contributed by atoms with Crippen LogP contribution >= 0.6 is 11.3 Å². The van der Waals surface area contributed by atoms with Crippen molar-refractivity contribution < 1.29 is 15.0 Å². The second-order valence-corrected chi connectivity index (χ2v) is 4.97. The molecule has 2 heterocycles. The molecule has 2 aromatic rings. The summed E-state index contributed by atoms with van der Waals surface area (Å²) in [5.74, 6) is 4.86. The number of carbonyl (C=O) groups excluding carboxylic acids is 1. The van der Waals surface area contributed by atoms with Gasteiger partial charge in [0, 0.05) is 11.1 Å². The first kappa shape index (κ1) is 14.1. The summed E-state index contributed by atoms with van der Waals surface area (Å²) in [5.41, 5.74) is 0.192. The van der Waals surface area contributed by atoms with Gasteiger partial charge in [0.25, 0.3) is 5.91 Å². The van der Waals surface area contributed by atoms with Crippen LogP contribution in [-0.4, -0.2) is 27.7 Å². The topological polar surface area (TPSA) is 82.5 Å². The van der Waals surface area contributed by atoms with E-state index in [0.29, 0.717) is 6.54 Å². The molecule has 0 unspecified atom stereocenters. The number of amides is 1. The zero-order chi connectivity index (χ0) is 14.4. The van der Waals surface area contributed by atoms with E-state index in [1.165, 1.54) is 29.8 Å². The van der Waals surface area contributed by atoms with E-state index in [9.17, 15) is 9.90 Å². The largest absolute Gasteiger partial charge is 0.505 e. The minimum Gasteiger partial charge on any atom is -0.505 e. The Labute approximate surface area is 119 Å². The second-order valence-electron chi connectivity index (χ2n) is 3.80. The Morgan fingerprint density at radius 2 is 2.25 bits per heavy atom. The molecule has 1 amide bonds. The van der Waals surface area contributed by atoms with E-state index in [0.717, 1.165) is 9.75 Å². The van der Waals surface area contributed by atoms with Gasteiger partial charge in [-0.3, -0.25) is 9.78 Å². The number of pyridine rings is 1. The molecular formula is C14H12N2O3S. The van der Waals surface area contributed by atoms with E-state index in [4.69, 9.17) is 5.11 Å². The van der Waals surface area contributed by atoms with Crippen LogP contribution < -0.4 is 5.32 Å². The SMILES string of the molecule is O=C(NCc1ccc(C#CCO)s1)c1ccncc1O. The van der Waals surface area contributed by atoms with Crippen molar-refractivity contribution in [1.29, 1.82) is 0 Å². The third-order valence-corrected chi connectivity index (χ3v) is 3.42. The molecule has 0 saturated carbocycles. The molecule has 0 radical (unpaired) electrons. The zero-order valence-electron chi connectivity index (χ0n) is 10.5. The number of carbonyl (C=O) groups is 1. The number of aromatic nitrogens is 1. The molecule has 3 N–H and O–H groups in total. The maximum atomic E-state index is 11.9. The number of nitrogens with one attached hydrogen (secondary N) is 1. The molecule has 0 spiro atoms. The number of hydrogen-bond acceptors (Lipinski definition) is 5. The van der Waals surface area contributed by atoms with Gasteiger partial charge in [-0.2, -0.15) is 0 Å². The van der Waals surface area contributed by atoms with Gasteiger partial charge < -0.3 is 15.5 Å². The summed E-state index contributed by atoms with van der Waals surface area (Å²) in [5, 5.41) is 20.8. The second kappa shape index (κ2) is 6.70. The van der Waals surface area contributed by atoms with E-state index < -0.39 is 0 Å². The van der Waals surface area contributed by atoms with E-state index in [2.05, 4.69) is 22.1 Å². The van der Waals surface area contributed by atoms with Crippen molar-refractivity contribution in [3.63, 3.8) is 0 Å². The van der Waals surface area contributed by atoms with Gasteiger partial charge >= 0.3 is 0 Å². The van der Waals surface area contributed by atoms with Gasteiger partial charge in [0.1, 0.15) is 12.4 Å². The standard InChI is InChI=1S/C14H12N2O3S/c17-7-1-2-10-3-4-11(20-10)8-16-14(19)12-5-6-15-9-13(12)18/h3-6,9,17-18H,7-8H2,(H,16,19). The molecule has 0 aliphatic heterocycles. The van der Waals surface area contributed by atoms with Crippen molar-refractivity contribution in [2.75, 3.05) is 6.61 Å². The molecule has 5 nitrogen and oxygen atoms in total. The Bertz CT molecular complexity index is 670. The van der Waals surface area contributed by atoms with Crippen LogP contribution in [0.1, 0.15) is 20.1 Å². The number of aliphatic hydroxyl groups excluding tert-OH is 1. The van der Waals surface area contributed by atoms with Crippen LogP contribution in [0.2, 0.25) is 0 Å². The maximum Gasteiger partial charge on any atom is 0.255 e. The Balaban J connectivity index is 1.97. The lowest BCUT2D eigenvalue weighted by Crippen LogP contribution is -2.22. The molecular weight excluding hydrogens is 276 g/mol. The van der Waals surface area contributed by atoms with Crippen molar-refractivity contribution in [3.05, 3.63) is 45.9 Å². The monoisotopic (exact) mass is 288 g/mol. The Kier molecular flexibility index (Phi) is 4.71. The number of aromatic hydroxyl groups is 1. The smallest absolute Gasteiger partial charge is 0.255 e. The molecule has 0 aliphatic carbocycles. The fraction of sp³-hybridized carbons (Fsp3) is 0.143. The summed E-state index contributed by atoms with van der Waals surface area (Å²) >= 11 is 1.44. The van der Waals surface area contributed by atoms with Crippen LogP contribution in [0.15, 0.2) is 30.6 Å². The number of rotatable bonds is 3. The van der Waals surface area contributed by atoms with Crippen LogP contribution in [0.25, 0.3) is 0 Å². The average molecular weight is 288 g/mol. The fourth-order valence-corrected chi connectivity index (χ4v) is 2.33. The highest BCUT2D eigenvalue weighted by atomic mass is 32.1. The van der Waals surface area contributed by atoms with Crippen molar-refractivity contribution in [1.82, 2.24) is 10.3 Å². The van der Waals surface area contributed by atoms with Gasteiger partial charge in [0.05, 0.1) is 23.2 Å². The first-order valence-corrected chi connectivity index (χ1v) is 6.62. The molecule has 0 fully saturated rings. The lowest BCUT2D eigenvalue weighted by Gasteiger charge is -2.04. The summed E-state index contributed by atoms with van der Waals surface area (Å²) in [4.78, 5) is 17.3. The molecule has 0 atom stereocenters. The molecule has 20 heavy (non-hydrogen) atoms. The molecule has 0 saturated heterocycles. The highest BCUT2D eigenvalue weighted by molar-refractivity contribution is 7.12. The first-order valence-electron chi connectivity index (χ1n) is 5.80. The summed E-state index contributed by atoms with van der Waals surface area (Å²) in [6.07, 6.45) is 2.67. The molecule has 2 rings (SSSR count). The summed E-state index contributed by atoms with van der Waals surface area (Å²) in [6, 6.07) is 5.15. The summed E-state index contributed by atoms with van der Waals surface area (Å²) < 4.78 is 0. The molecule has 0 bridgehead atoms. The normalized spacial score (nSPS) is 9.65. The molecule has 6 heteroatoms. The number of aliphatic hydroxyl groups is 1. The summed E-state index contributed by atoms with van der Waals surface area (Å²) in [7, 11) is 0. The molecule has 0 aliphatic rings.